The molecule has 3 rings (SSSR count). The number of hydrogen-bond acceptors (Lipinski definition) is 3. The molecule has 0 saturated carbocycles. The summed E-state index contributed by atoms with van der Waals surface area (Å²) in [6, 6.07) is 10.2. The van der Waals surface area contributed by atoms with Crippen LogP contribution in [0.15, 0.2) is 42.6 Å². The van der Waals surface area contributed by atoms with Crippen LogP contribution in [0.25, 0.3) is 6.08 Å². The number of rotatable bonds is 5. The molecule has 1 N–H and O–H groups in total. The van der Waals surface area contributed by atoms with Gasteiger partial charge < -0.3 is 4.74 Å². The summed E-state index contributed by atoms with van der Waals surface area (Å²) in [6.45, 7) is 3.27. The maximum Gasteiger partial charge on any atom is 0.126 e. The largest absolute Gasteiger partial charge is 0.496 e. The molecule has 22 heavy (non-hydrogen) atoms. The summed E-state index contributed by atoms with van der Waals surface area (Å²) < 4.78 is 5.37. The molecule has 1 saturated heterocycles. The lowest BCUT2D eigenvalue weighted by Crippen LogP contribution is -2.33. The minimum absolute atomic E-state index is 0.636. The van der Waals surface area contributed by atoms with E-state index >= 15 is 0 Å². The van der Waals surface area contributed by atoms with Gasteiger partial charge >= 0.3 is 0 Å². The quantitative estimate of drug-likeness (QED) is 0.920. The fraction of sp³-hybridized carbons (Fsp3) is 0.389. The first kappa shape index (κ1) is 14.9. The van der Waals surface area contributed by atoms with Gasteiger partial charge in [-0.25, -0.2) is 0 Å². The number of para-hydroxylation sites is 1. The summed E-state index contributed by atoms with van der Waals surface area (Å²) in [5, 5.41) is 7.16. The van der Waals surface area contributed by atoms with Crippen molar-refractivity contribution in [1.29, 1.82) is 0 Å². The van der Waals surface area contributed by atoms with Crippen LogP contribution in [-0.2, 0) is 0 Å². The highest BCUT2D eigenvalue weighted by Crippen LogP contribution is 2.26. The highest BCUT2D eigenvalue weighted by molar-refractivity contribution is 5.57. The van der Waals surface area contributed by atoms with Gasteiger partial charge in [0.05, 0.1) is 7.11 Å². The smallest absolute Gasteiger partial charge is 0.126 e. The molecular formula is C18H23N3O. The van der Waals surface area contributed by atoms with Gasteiger partial charge in [0.15, 0.2) is 0 Å². The lowest BCUT2D eigenvalue weighted by Gasteiger charge is -2.30. The van der Waals surface area contributed by atoms with Crippen molar-refractivity contribution in [1.82, 2.24) is 15.1 Å². The summed E-state index contributed by atoms with van der Waals surface area (Å²) in [4.78, 5) is 2.50. The Morgan fingerprint density at radius 2 is 2.09 bits per heavy atom. The van der Waals surface area contributed by atoms with Crippen LogP contribution in [0, 0.1) is 0 Å². The maximum absolute atomic E-state index is 5.37. The van der Waals surface area contributed by atoms with Gasteiger partial charge in [0.25, 0.3) is 0 Å². The fourth-order valence-electron chi connectivity index (χ4n) is 3.05. The van der Waals surface area contributed by atoms with Crippen LogP contribution >= 0.6 is 0 Å². The number of aromatic nitrogens is 2. The summed E-state index contributed by atoms with van der Waals surface area (Å²) in [6.07, 6.45) is 8.63. The minimum Gasteiger partial charge on any atom is -0.496 e. The molecule has 2 heterocycles. The average molecular weight is 297 g/mol. The molecule has 116 valence electrons. The Labute approximate surface area is 131 Å². The maximum atomic E-state index is 5.37. The van der Waals surface area contributed by atoms with Crippen LogP contribution in [0.5, 0.6) is 5.75 Å². The van der Waals surface area contributed by atoms with Crippen LogP contribution < -0.4 is 4.74 Å². The number of methoxy groups -OCH3 is 1. The molecule has 1 aromatic heterocycles. The number of aromatic amines is 1. The summed E-state index contributed by atoms with van der Waals surface area (Å²) in [5.74, 6) is 1.56. The van der Waals surface area contributed by atoms with Crippen LogP contribution in [0.1, 0.15) is 30.0 Å². The third-order valence-electron chi connectivity index (χ3n) is 4.35. The van der Waals surface area contributed by atoms with Crippen molar-refractivity contribution in [3.05, 3.63) is 53.9 Å². The second-order valence-corrected chi connectivity index (χ2v) is 5.73. The molecule has 0 radical (unpaired) electrons. The van der Waals surface area contributed by atoms with Gasteiger partial charge in [-0.05, 0) is 38.1 Å². The number of piperidine rings is 1. The van der Waals surface area contributed by atoms with E-state index < -0.39 is 0 Å². The number of hydrogen-bond donors (Lipinski definition) is 1. The molecular weight excluding hydrogens is 274 g/mol. The van der Waals surface area contributed by atoms with Gasteiger partial charge in [-0.2, -0.15) is 5.10 Å². The topological polar surface area (TPSA) is 41.1 Å². The van der Waals surface area contributed by atoms with Gasteiger partial charge in [-0.1, -0.05) is 30.4 Å². The summed E-state index contributed by atoms with van der Waals surface area (Å²) in [7, 11) is 1.72. The van der Waals surface area contributed by atoms with E-state index in [0.29, 0.717) is 5.92 Å². The van der Waals surface area contributed by atoms with E-state index in [2.05, 4.69) is 39.4 Å². The first-order chi connectivity index (χ1) is 10.9. The van der Waals surface area contributed by atoms with Crippen molar-refractivity contribution in [2.24, 2.45) is 0 Å². The van der Waals surface area contributed by atoms with E-state index in [-0.39, 0.29) is 0 Å². The zero-order valence-corrected chi connectivity index (χ0v) is 13.0. The van der Waals surface area contributed by atoms with E-state index in [0.717, 1.165) is 30.9 Å². The first-order valence-electron chi connectivity index (χ1n) is 7.88. The van der Waals surface area contributed by atoms with Crippen LogP contribution in [-0.4, -0.2) is 41.8 Å². The molecule has 0 amide bonds. The van der Waals surface area contributed by atoms with Crippen LogP contribution in [0.4, 0.5) is 0 Å². The van der Waals surface area contributed by atoms with E-state index in [1.165, 1.54) is 18.5 Å². The van der Waals surface area contributed by atoms with Gasteiger partial charge in [-0.3, -0.25) is 10.00 Å². The van der Waals surface area contributed by atoms with Crippen molar-refractivity contribution in [2.45, 2.75) is 18.8 Å². The molecule has 4 nitrogen and oxygen atoms in total. The monoisotopic (exact) mass is 297 g/mol. The standard InChI is InChI=1S/C18H23N3O/c1-22-18-7-3-2-5-16(18)6-4-12-21-13-9-15(10-14-21)17-8-11-19-20-17/h2-8,11,15H,9-10,12-14H2,1H3,(H,19,20)/b6-4+. The lowest BCUT2D eigenvalue weighted by molar-refractivity contribution is 0.231. The van der Waals surface area contributed by atoms with Crippen molar-refractivity contribution < 1.29 is 4.74 Å². The molecule has 4 heteroatoms. The van der Waals surface area contributed by atoms with E-state index in [1.807, 2.05) is 24.4 Å². The lowest BCUT2D eigenvalue weighted by atomic mass is 9.94. The van der Waals surface area contributed by atoms with Gasteiger partial charge in [-0.15, -0.1) is 0 Å². The van der Waals surface area contributed by atoms with Crippen molar-refractivity contribution >= 4 is 6.08 Å². The highest BCUT2D eigenvalue weighted by atomic mass is 16.5. The number of likely N-dealkylation sites (tertiary alicyclic amines) is 1. The van der Waals surface area contributed by atoms with Crippen LogP contribution in [0.2, 0.25) is 0 Å². The number of nitrogens with zero attached hydrogens (tertiary/aromatic N) is 2. The predicted molar refractivity (Wildman–Crippen MR) is 89.0 cm³/mol. The van der Waals surface area contributed by atoms with Crippen molar-refractivity contribution in [3.63, 3.8) is 0 Å². The van der Waals surface area contributed by atoms with Gasteiger partial charge in [0, 0.05) is 29.9 Å². The first-order valence-corrected chi connectivity index (χ1v) is 7.88. The van der Waals surface area contributed by atoms with Crippen LogP contribution in [0.3, 0.4) is 0 Å². The Balaban J connectivity index is 1.50. The van der Waals surface area contributed by atoms with Crippen molar-refractivity contribution in [3.8, 4) is 5.75 Å². The Morgan fingerprint density at radius 3 is 2.82 bits per heavy atom. The molecule has 0 spiro atoms. The third-order valence-corrected chi connectivity index (χ3v) is 4.35. The SMILES string of the molecule is COc1ccccc1/C=C/CN1CCC(c2ccn[nH]2)CC1. The molecule has 1 aliphatic rings. The zero-order valence-electron chi connectivity index (χ0n) is 13.0. The third kappa shape index (κ3) is 3.57. The second kappa shape index (κ2) is 7.27. The summed E-state index contributed by atoms with van der Waals surface area (Å²) in [5.41, 5.74) is 2.42. The molecule has 0 aliphatic carbocycles. The molecule has 2 aromatic rings. The highest BCUT2D eigenvalue weighted by Gasteiger charge is 2.20. The Morgan fingerprint density at radius 1 is 1.27 bits per heavy atom. The van der Waals surface area contributed by atoms with Gasteiger partial charge in [0.2, 0.25) is 0 Å². The Hall–Kier alpha value is -2.07. The summed E-state index contributed by atoms with van der Waals surface area (Å²) >= 11 is 0. The van der Waals surface area contributed by atoms with Gasteiger partial charge in [0.1, 0.15) is 5.75 Å². The number of ether oxygens (including phenoxy) is 1. The Kier molecular flexibility index (Phi) is 4.91. The second-order valence-electron chi connectivity index (χ2n) is 5.73. The normalized spacial score (nSPS) is 17.1. The number of nitrogens with one attached hydrogen (secondary N) is 1. The van der Waals surface area contributed by atoms with Crippen molar-refractivity contribution in [2.75, 3.05) is 26.7 Å². The molecule has 1 aromatic carbocycles. The molecule has 1 fully saturated rings. The minimum atomic E-state index is 0.636. The molecule has 0 unspecified atom stereocenters. The van der Waals surface area contributed by atoms with E-state index in [9.17, 15) is 0 Å². The average Bonchev–Trinajstić information content (AvgIpc) is 3.10. The molecule has 0 atom stereocenters. The fourth-order valence-corrected chi connectivity index (χ4v) is 3.05. The Bertz CT molecular complexity index is 599. The van der Waals surface area contributed by atoms with E-state index in [1.54, 1.807) is 7.11 Å². The zero-order chi connectivity index (χ0) is 15.2. The predicted octanol–water partition coefficient (Wildman–Crippen LogP) is 3.31. The van der Waals surface area contributed by atoms with E-state index in [4.69, 9.17) is 4.74 Å². The molecule has 1 aliphatic heterocycles. The molecule has 0 bridgehead atoms. The number of benzene rings is 1. The number of H-pyrrole nitrogens is 1.